The molecule has 2 rings (SSSR count). The van der Waals surface area contributed by atoms with Crippen LogP contribution in [0.1, 0.15) is 0 Å². The number of nitrogens with zero attached hydrogens (tertiary/aromatic N) is 2. The molecule has 4 nitrogen and oxygen atoms in total. The van der Waals surface area contributed by atoms with E-state index >= 15 is 0 Å². The number of hydrogen-bond donors (Lipinski definition) is 1. The SMILES string of the molecule is Cn1cc(-c2ccc(OC(F)(F)F)cc2)c(N)n1. The highest BCUT2D eigenvalue weighted by Gasteiger charge is 2.30. The number of anilines is 1. The number of aryl methyl sites for hydroxylation is 1. The second-order valence-corrected chi connectivity index (χ2v) is 3.67. The van der Waals surface area contributed by atoms with E-state index in [1.54, 1.807) is 13.2 Å². The van der Waals surface area contributed by atoms with Gasteiger partial charge in [0.1, 0.15) is 5.75 Å². The van der Waals surface area contributed by atoms with Gasteiger partial charge in [-0.2, -0.15) is 5.10 Å². The van der Waals surface area contributed by atoms with Crippen LogP contribution in [-0.2, 0) is 7.05 Å². The van der Waals surface area contributed by atoms with Gasteiger partial charge in [0.25, 0.3) is 0 Å². The topological polar surface area (TPSA) is 53.1 Å². The molecule has 0 unspecified atom stereocenters. The van der Waals surface area contributed by atoms with Crippen molar-refractivity contribution in [1.82, 2.24) is 9.78 Å². The van der Waals surface area contributed by atoms with Crippen molar-refractivity contribution in [2.24, 2.45) is 7.05 Å². The van der Waals surface area contributed by atoms with Crippen LogP contribution in [0.2, 0.25) is 0 Å². The van der Waals surface area contributed by atoms with Gasteiger partial charge in [0.2, 0.25) is 0 Å². The fourth-order valence-electron chi connectivity index (χ4n) is 1.56. The van der Waals surface area contributed by atoms with Gasteiger partial charge in [-0.05, 0) is 17.7 Å². The van der Waals surface area contributed by atoms with Crippen molar-refractivity contribution in [3.63, 3.8) is 0 Å². The van der Waals surface area contributed by atoms with Crippen LogP contribution >= 0.6 is 0 Å². The van der Waals surface area contributed by atoms with Gasteiger partial charge in [-0.15, -0.1) is 13.2 Å². The average Bonchev–Trinajstić information content (AvgIpc) is 2.57. The maximum atomic E-state index is 12.0. The van der Waals surface area contributed by atoms with Crippen LogP contribution in [0.3, 0.4) is 0 Å². The number of hydrogen-bond acceptors (Lipinski definition) is 3. The van der Waals surface area contributed by atoms with Gasteiger partial charge in [0.05, 0.1) is 0 Å². The first-order valence-corrected chi connectivity index (χ1v) is 5.00. The molecule has 1 aromatic heterocycles. The highest BCUT2D eigenvalue weighted by atomic mass is 19.4. The van der Waals surface area contributed by atoms with E-state index < -0.39 is 6.36 Å². The number of halogens is 3. The van der Waals surface area contributed by atoms with Crippen molar-refractivity contribution in [3.05, 3.63) is 30.5 Å². The van der Waals surface area contributed by atoms with Crippen LogP contribution in [0.5, 0.6) is 5.75 Å². The lowest BCUT2D eigenvalue weighted by Crippen LogP contribution is -2.16. The minimum atomic E-state index is -4.69. The molecule has 1 aromatic carbocycles. The first-order chi connectivity index (χ1) is 8.35. The van der Waals surface area contributed by atoms with E-state index in [1.165, 1.54) is 28.9 Å². The number of alkyl halides is 3. The third-order valence-corrected chi connectivity index (χ3v) is 2.26. The Hall–Kier alpha value is -2.18. The van der Waals surface area contributed by atoms with Gasteiger partial charge in [-0.1, -0.05) is 12.1 Å². The van der Waals surface area contributed by atoms with Crippen molar-refractivity contribution in [3.8, 4) is 16.9 Å². The first-order valence-electron chi connectivity index (χ1n) is 5.00. The van der Waals surface area contributed by atoms with Crippen LogP contribution in [0, 0.1) is 0 Å². The number of nitrogen functional groups attached to an aromatic ring is 1. The summed E-state index contributed by atoms with van der Waals surface area (Å²) >= 11 is 0. The maximum Gasteiger partial charge on any atom is 0.573 e. The zero-order valence-corrected chi connectivity index (χ0v) is 9.40. The molecule has 0 saturated carbocycles. The minimum absolute atomic E-state index is 0.270. The molecular weight excluding hydrogens is 247 g/mol. The van der Waals surface area contributed by atoms with E-state index in [-0.39, 0.29) is 5.75 Å². The monoisotopic (exact) mass is 257 g/mol. The highest BCUT2D eigenvalue weighted by Crippen LogP contribution is 2.28. The van der Waals surface area contributed by atoms with E-state index in [0.29, 0.717) is 16.9 Å². The van der Waals surface area contributed by atoms with E-state index in [4.69, 9.17) is 5.73 Å². The Balaban J connectivity index is 2.25. The third-order valence-electron chi connectivity index (χ3n) is 2.26. The molecule has 1 heterocycles. The quantitative estimate of drug-likeness (QED) is 0.899. The molecule has 2 aromatic rings. The maximum absolute atomic E-state index is 12.0. The van der Waals surface area contributed by atoms with Gasteiger partial charge in [0, 0.05) is 18.8 Å². The van der Waals surface area contributed by atoms with Crippen LogP contribution in [0.15, 0.2) is 30.5 Å². The van der Waals surface area contributed by atoms with Crippen LogP contribution in [-0.4, -0.2) is 16.1 Å². The van der Waals surface area contributed by atoms with Crippen LogP contribution < -0.4 is 10.5 Å². The van der Waals surface area contributed by atoms with E-state index in [1.807, 2.05) is 0 Å². The number of benzene rings is 1. The summed E-state index contributed by atoms with van der Waals surface area (Å²) in [4.78, 5) is 0. The van der Waals surface area contributed by atoms with Crippen molar-refractivity contribution in [2.75, 3.05) is 5.73 Å². The normalized spacial score (nSPS) is 11.6. The lowest BCUT2D eigenvalue weighted by Gasteiger charge is -2.08. The molecule has 96 valence electrons. The number of ether oxygens (including phenoxy) is 1. The molecule has 2 N–H and O–H groups in total. The molecule has 0 saturated heterocycles. The second-order valence-electron chi connectivity index (χ2n) is 3.67. The number of aromatic nitrogens is 2. The molecular formula is C11H10F3N3O. The Bertz CT molecular complexity index is 546. The second kappa shape index (κ2) is 4.25. The lowest BCUT2D eigenvalue weighted by molar-refractivity contribution is -0.274. The minimum Gasteiger partial charge on any atom is -0.406 e. The predicted octanol–water partition coefficient (Wildman–Crippen LogP) is 2.57. The van der Waals surface area contributed by atoms with Crippen LogP contribution in [0.25, 0.3) is 11.1 Å². The molecule has 18 heavy (non-hydrogen) atoms. The Morgan fingerprint density at radius 1 is 1.22 bits per heavy atom. The molecule has 0 aliphatic rings. The van der Waals surface area contributed by atoms with Gasteiger partial charge in [-0.3, -0.25) is 4.68 Å². The summed E-state index contributed by atoms with van der Waals surface area (Å²) < 4.78 is 41.2. The summed E-state index contributed by atoms with van der Waals surface area (Å²) in [5.41, 5.74) is 7.01. The molecule has 0 atom stereocenters. The molecule has 0 aliphatic carbocycles. The summed E-state index contributed by atoms with van der Waals surface area (Å²) in [6.45, 7) is 0. The van der Waals surface area contributed by atoms with Gasteiger partial charge in [0.15, 0.2) is 5.82 Å². The fourth-order valence-corrected chi connectivity index (χ4v) is 1.56. The van der Waals surface area contributed by atoms with Crippen molar-refractivity contribution < 1.29 is 17.9 Å². The fraction of sp³-hybridized carbons (Fsp3) is 0.182. The summed E-state index contributed by atoms with van der Waals surface area (Å²) in [6.07, 6.45) is -3.00. The van der Waals surface area contributed by atoms with E-state index in [9.17, 15) is 13.2 Å². The van der Waals surface area contributed by atoms with Crippen molar-refractivity contribution in [1.29, 1.82) is 0 Å². The summed E-state index contributed by atoms with van der Waals surface area (Å²) in [7, 11) is 1.71. The van der Waals surface area contributed by atoms with Gasteiger partial charge >= 0.3 is 6.36 Å². The predicted molar refractivity (Wildman–Crippen MR) is 59.7 cm³/mol. The van der Waals surface area contributed by atoms with Gasteiger partial charge < -0.3 is 10.5 Å². The summed E-state index contributed by atoms with van der Waals surface area (Å²) in [5.74, 6) is 0.0516. The largest absolute Gasteiger partial charge is 0.573 e. The van der Waals surface area contributed by atoms with E-state index in [0.717, 1.165) is 0 Å². The Kier molecular flexibility index (Phi) is 2.90. The lowest BCUT2D eigenvalue weighted by atomic mass is 10.1. The van der Waals surface area contributed by atoms with E-state index in [2.05, 4.69) is 9.84 Å². The summed E-state index contributed by atoms with van der Waals surface area (Å²) in [5, 5.41) is 3.95. The molecule has 0 radical (unpaired) electrons. The van der Waals surface area contributed by atoms with Crippen LogP contribution in [0.4, 0.5) is 19.0 Å². The third kappa shape index (κ3) is 2.73. The first kappa shape index (κ1) is 12.3. The van der Waals surface area contributed by atoms with Gasteiger partial charge in [-0.25, -0.2) is 0 Å². The zero-order chi connectivity index (χ0) is 13.3. The molecule has 0 amide bonds. The van der Waals surface area contributed by atoms with Crippen molar-refractivity contribution >= 4 is 5.82 Å². The molecule has 0 fully saturated rings. The molecule has 0 bridgehead atoms. The summed E-state index contributed by atoms with van der Waals surface area (Å²) in [6, 6.07) is 5.45. The number of nitrogens with two attached hydrogens (primary N) is 1. The van der Waals surface area contributed by atoms with Crippen molar-refractivity contribution in [2.45, 2.75) is 6.36 Å². The Morgan fingerprint density at radius 3 is 2.28 bits per heavy atom. The average molecular weight is 257 g/mol. The standard InChI is InChI=1S/C11H10F3N3O/c1-17-6-9(10(15)16-17)7-2-4-8(5-3-7)18-11(12,13)14/h2-6H,1H3,(H2,15,16). The Labute approximate surface area is 101 Å². The smallest absolute Gasteiger partial charge is 0.406 e. The zero-order valence-electron chi connectivity index (χ0n) is 9.40. The molecule has 0 aliphatic heterocycles. The highest BCUT2D eigenvalue weighted by molar-refractivity contribution is 5.73. The molecule has 0 spiro atoms. The Morgan fingerprint density at radius 2 is 1.83 bits per heavy atom. The molecule has 7 heteroatoms. The number of rotatable bonds is 2.